The number of hydrogen-bond acceptors (Lipinski definition) is 5. The van der Waals surface area contributed by atoms with Crippen molar-refractivity contribution >= 4 is 40.7 Å². The van der Waals surface area contributed by atoms with Crippen molar-refractivity contribution in [1.82, 2.24) is 0 Å². The average Bonchev–Trinajstić information content (AvgIpc) is 3.38. The molecule has 2 heterocycles. The number of carboxylic acid groups (broad SMARTS) is 1. The van der Waals surface area contributed by atoms with E-state index in [2.05, 4.69) is 36.1 Å². The molecule has 0 aromatic heterocycles. The Morgan fingerprint density at radius 3 is 2.79 bits per heavy atom. The van der Waals surface area contributed by atoms with Crippen LogP contribution in [0.15, 0.2) is 53.4 Å². The zero-order chi connectivity index (χ0) is 23.7. The van der Waals surface area contributed by atoms with Crippen LogP contribution in [-0.4, -0.2) is 39.2 Å². The molecule has 1 N–H and O–H groups in total. The first-order chi connectivity index (χ1) is 16.3. The third-order valence-electron chi connectivity index (χ3n) is 8.04. The van der Waals surface area contributed by atoms with Crippen LogP contribution in [0.4, 0.5) is 11.4 Å². The van der Waals surface area contributed by atoms with Crippen molar-refractivity contribution in [3.63, 3.8) is 0 Å². The summed E-state index contributed by atoms with van der Waals surface area (Å²) in [6.07, 6.45) is 6.08. The maximum absolute atomic E-state index is 12.7. The van der Waals surface area contributed by atoms with Gasteiger partial charge in [0.25, 0.3) is 5.69 Å². The molecule has 0 bridgehead atoms. The molecule has 6 nitrogen and oxygen atoms in total. The highest BCUT2D eigenvalue weighted by atomic mass is 35.5. The number of nitro groups is 1. The van der Waals surface area contributed by atoms with E-state index in [-0.39, 0.29) is 33.1 Å². The van der Waals surface area contributed by atoms with E-state index in [1.165, 1.54) is 29.0 Å². The van der Waals surface area contributed by atoms with E-state index in [9.17, 15) is 20.0 Å². The van der Waals surface area contributed by atoms with Gasteiger partial charge in [0.05, 0.1) is 15.2 Å². The van der Waals surface area contributed by atoms with E-state index in [0.717, 1.165) is 24.2 Å². The summed E-state index contributed by atoms with van der Waals surface area (Å²) in [5.74, 6) is -0.339. The van der Waals surface area contributed by atoms with Crippen LogP contribution in [0, 0.1) is 28.9 Å². The summed E-state index contributed by atoms with van der Waals surface area (Å²) >= 11 is 8.56. The largest absolute Gasteiger partial charge is 0.480 e. The Labute approximate surface area is 207 Å². The van der Waals surface area contributed by atoms with Crippen LogP contribution in [-0.2, 0) is 4.79 Å². The van der Waals surface area contributed by atoms with Crippen LogP contribution in [0.1, 0.15) is 41.4 Å². The van der Waals surface area contributed by atoms with Gasteiger partial charge in [0.2, 0.25) is 0 Å². The van der Waals surface area contributed by atoms with E-state index >= 15 is 0 Å². The predicted octanol–water partition coefficient (Wildman–Crippen LogP) is 5.72. The Morgan fingerprint density at radius 1 is 1.26 bits per heavy atom. The van der Waals surface area contributed by atoms with Crippen LogP contribution in [0.3, 0.4) is 0 Å². The molecule has 2 aliphatic heterocycles. The number of hydrogen-bond donors (Lipinski definition) is 1. The Morgan fingerprint density at radius 2 is 2.03 bits per heavy atom. The maximum Gasteiger partial charge on any atom is 0.326 e. The number of nitro benzene ring substituents is 1. The molecule has 0 radical (unpaired) electrons. The van der Waals surface area contributed by atoms with Gasteiger partial charge in [-0.2, -0.15) is 0 Å². The van der Waals surface area contributed by atoms with Gasteiger partial charge in [0, 0.05) is 35.4 Å². The van der Waals surface area contributed by atoms with Gasteiger partial charge in [-0.05, 0) is 48.8 Å². The van der Waals surface area contributed by atoms with Gasteiger partial charge in [-0.3, -0.25) is 10.1 Å². The molecular weight excluding hydrogens is 472 g/mol. The lowest BCUT2D eigenvalue weighted by atomic mass is 9.71. The summed E-state index contributed by atoms with van der Waals surface area (Å²) in [6.45, 7) is 2.83. The molecule has 2 aliphatic carbocycles. The predicted molar refractivity (Wildman–Crippen MR) is 133 cm³/mol. The summed E-state index contributed by atoms with van der Waals surface area (Å²) in [5.41, 5.74) is 4.68. The number of alkyl halides is 1. The smallest absolute Gasteiger partial charge is 0.326 e. The minimum absolute atomic E-state index is 0.0682. The summed E-state index contributed by atoms with van der Waals surface area (Å²) in [4.78, 5) is 26.6. The van der Waals surface area contributed by atoms with Crippen LogP contribution < -0.4 is 4.90 Å². The SMILES string of the molecule is Cc1cc2c3c(c1)[C@@H]1C=CC[C@@H]1CN3[C@@H](C(=O)O)[C@H]1C[C@@H](Sc3ccccc3[N+](=O)[O-])[C@@H](Cl)[C@@H]21. The molecule has 0 spiro atoms. The quantitative estimate of drug-likeness (QED) is 0.252. The number of aliphatic carboxylic acids is 1. The zero-order valence-electron chi connectivity index (χ0n) is 18.6. The van der Waals surface area contributed by atoms with Crippen molar-refractivity contribution in [2.24, 2.45) is 11.8 Å². The number of benzene rings is 2. The highest BCUT2D eigenvalue weighted by Crippen LogP contribution is 2.60. The molecule has 0 amide bonds. The molecule has 1 fully saturated rings. The Balaban J connectivity index is 1.45. The molecule has 4 aliphatic rings. The Bertz CT molecular complexity index is 1230. The van der Waals surface area contributed by atoms with Gasteiger partial charge >= 0.3 is 5.97 Å². The fraction of sp³-hybridized carbons (Fsp3) is 0.423. The van der Waals surface area contributed by atoms with E-state index < -0.39 is 12.0 Å². The van der Waals surface area contributed by atoms with Crippen molar-refractivity contribution < 1.29 is 14.8 Å². The minimum atomic E-state index is -0.809. The Hall–Kier alpha value is -2.51. The second kappa shape index (κ2) is 8.02. The van der Waals surface area contributed by atoms with Crippen molar-refractivity contribution in [3.05, 3.63) is 75.4 Å². The number of para-hydroxylation sites is 1. The number of anilines is 1. The lowest BCUT2D eigenvalue weighted by Crippen LogP contribution is -2.55. The zero-order valence-corrected chi connectivity index (χ0v) is 20.2. The number of rotatable bonds is 4. The number of aryl methyl sites for hydroxylation is 1. The van der Waals surface area contributed by atoms with Gasteiger partial charge in [-0.1, -0.05) is 42.0 Å². The molecule has 0 saturated heterocycles. The summed E-state index contributed by atoms with van der Waals surface area (Å²) in [6, 6.07) is 10.5. The van der Waals surface area contributed by atoms with E-state index in [1.54, 1.807) is 18.2 Å². The molecule has 8 heteroatoms. The third-order valence-corrected chi connectivity index (χ3v) is 10.2. The van der Waals surface area contributed by atoms with Crippen LogP contribution in [0.2, 0.25) is 0 Å². The van der Waals surface area contributed by atoms with Crippen molar-refractivity contribution in [2.75, 3.05) is 11.4 Å². The summed E-state index contributed by atoms with van der Waals surface area (Å²) < 4.78 is 0. The maximum atomic E-state index is 12.7. The minimum Gasteiger partial charge on any atom is -0.480 e. The molecule has 176 valence electrons. The summed E-state index contributed by atoms with van der Waals surface area (Å²) in [7, 11) is 0. The van der Waals surface area contributed by atoms with E-state index in [0.29, 0.717) is 23.2 Å². The third kappa shape index (κ3) is 3.20. The fourth-order valence-corrected chi connectivity index (χ4v) is 8.74. The van der Waals surface area contributed by atoms with Crippen LogP contribution in [0.5, 0.6) is 0 Å². The van der Waals surface area contributed by atoms with Gasteiger partial charge in [0.15, 0.2) is 0 Å². The first-order valence-corrected chi connectivity index (χ1v) is 13.0. The number of halogens is 1. The summed E-state index contributed by atoms with van der Waals surface area (Å²) in [5, 5.41) is 21.5. The van der Waals surface area contributed by atoms with Gasteiger partial charge in [-0.25, -0.2) is 4.79 Å². The molecule has 7 atom stereocenters. The monoisotopic (exact) mass is 496 g/mol. The van der Waals surface area contributed by atoms with Crippen molar-refractivity contribution in [3.8, 4) is 0 Å². The average molecular weight is 497 g/mol. The Kier molecular flexibility index (Phi) is 5.19. The topological polar surface area (TPSA) is 83.7 Å². The number of allylic oxidation sites excluding steroid dienone is 2. The molecule has 34 heavy (non-hydrogen) atoms. The molecule has 2 aromatic carbocycles. The van der Waals surface area contributed by atoms with E-state index in [1.807, 2.05) is 0 Å². The number of fused-ring (bicyclic) bond motifs is 4. The number of nitrogens with zero attached hydrogens (tertiary/aromatic N) is 2. The van der Waals surface area contributed by atoms with Crippen LogP contribution in [0.25, 0.3) is 0 Å². The fourth-order valence-electron chi connectivity index (χ4n) is 6.79. The normalized spacial score (nSPS) is 32.8. The van der Waals surface area contributed by atoms with Gasteiger partial charge in [-0.15, -0.1) is 23.4 Å². The van der Waals surface area contributed by atoms with Crippen LogP contribution >= 0.6 is 23.4 Å². The van der Waals surface area contributed by atoms with E-state index in [4.69, 9.17) is 11.6 Å². The lowest BCUT2D eigenvalue weighted by Gasteiger charge is -2.50. The standard InChI is InChI=1S/C26H25ClN2O4S/c1-13-9-16-15-6-4-5-14(15)12-28-24(16)17(10-13)22-18(25(28)26(30)31)11-21(23(22)27)34-20-8-3-2-7-19(20)29(32)33/h2-4,6-10,14-15,18,21-23,25H,5,11-12H2,1H3,(H,30,31)/t14-,15-,18+,21-,22+,23-,25-/m1/s1. The van der Waals surface area contributed by atoms with Crippen molar-refractivity contribution in [1.29, 1.82) is 0 Å². The number of carboxylic acids is 1. The molecular formula is C26H25ClN2O4S. The second-order valence-corrected chi connectivity index (χ2v) is 11.7. The van der Waals surface area contributed by atoms with Crippen molar-refractivity contribution in [2.45, 2.75) is 53.2 Å². The van der Waals surface area contributed by atoms with Gasteiger partial charge in [0.1, 0.15) is 6.04 Å². The molecule has 2 aromatic rings. The highest BCUT2D eigenvalue weighted by molar-refractivity contribution is 8.00. The van der Waals surface area contributed by atoms with Gasteiger partial charge < -0.3 is 10.0 Å². The number of carbonyl (C=O) groups is 1. The highest BCUT2D eigenvalue weighted by Gasteiger charge is 2.56. The first kappa shape index (κ1) is 22.0. The number of thioether (sulfide) groups is 1. The molecule has 0 unspecified atom stereocenters. The second-order valence-electron chi connectivity index (χ2n) is 9.93. The lowest BCUT2D eigenvalue weighted by molar-refractivity contribution is -0.387. The first-order valence-electron chi connectivity index (χ1n) is 11.7. The molecule has 6 rings (SSSR count). The molecule has 1 saturated carbocycles.